The number of anilines is 1. The molecule has 2 aromatic carbocycles. The van der Waals surface area contributed by atoms with E-state index in [9.17, 15) is 9.59 Å². The number of benzene rings is 2. The number of primary amides is 1. The van der Waals surface area contributed by atoms with Gasteiger partial charge in [-0.1, -0.05) is 6.07 Å². The number of nitrogens with two attached hydrogens (primary N) is 1. The fourth-order valence-corrected chi connectivity index (χ4v) is 2.27. The lowest BCUT2D eigenvalue weighted by atomic mass is 10.1. The molecule has 0 unspecified atom stereocenters. The van der Waals surface area contributed by atoms with Crippen LogP contribution < -0.4 is 25.3 Å². The SMILES string of the molecule is COc1ccc(NC(=O)/C=C/c2ccc(OC)c(OC)c2)c(C(N)=O)c1. The summed E-state index contributed by atoms with van der Waals surface area (Å²) in [5.41, 5.74) is 6.57. The van der Waals surface area contributed by atoms with Crippen LogP contribution in [-0.4, -0.2) is 33.1 Å². The van der Waals surface area contributed by atoms with Crippen LogP contribution in [-0.2, 0) is 4.79 Å². The zero-order valence-electron chi connectivity index (χ0n) is 14.7. The molecular weight excluding hydrogens is 336 g/mol. The monoisotopic (exact) mass is 356 g/mol. The molecule has 2 amide bonds. The van der Waals surface area contributed by atoms with Crippen LogP contribution in [0.3, 0.4) is 0 Å². The van der Waals surface area contributed by atoms with Crippen molar-refractivity contribution in [3.05, 3.63) is 53.6 Å². The molecule has 2 aromatic rings. The van der Waals surface area contributed by atoms with Crippen LogP contribution in [0.4, 0.5) is 5.69 Å². The van der Waals surface area contributed by atoms with Gasteiger partial charge in [0.25, 0.3) is 5.91 Å². The summed E-state index contributed by atoms with van der Waals surface area (Å²) in [4.78, 5) is 23.7. The molecule has 0 heterocycles. The van der Waals surface area contributed by atoms with Crippen LogP contribution in [0.5, 0.6) is 17.2 Å². The van der Waals surface area contributed by atoms with Crippen molar-refractivity contribution < 1.29 is 23.8 Å². The van der Waals surface area contributed by atoms with E-state index in [1.807, 2.05) is 0 Å². The fraction of sp³-hybridized carbons (Fsp3) is 0.158. The minimum absolute atomic E-state index is 0.164. The van der Waals surface area contributed by atoms with E-state index in [0.29, 0.717) is 22.9 Å². The van der Waals surface area contributed by atoms with Gasteiger partial charge in [0.2, 0.25) is 5.91 Å². The maximum atomic E-state index is 12.2. The largest absolute Gasteiger partial charge is 0.497 e. The normalized spacial score (nSPS) is 10.4. The third-order valence-electron chi connectivity index (χ3n) is 3.58. The van der Waals surface area contributed by atoms with Gasteiger partial charge in [-0.3, -0.25) is 9.59 Å². The highest BCUT2D eigenvalue weighted by molar-refractivity contribution is 6.07. The Morgan fingerprint density at radius 3 is 2.31 bits per heavy atom. The number of hydrogen-bond acceptors (Lipinski definition) is 5. The van der Waals surface area contributed by atoms with Gasteiger partial charge in [0, 0.05) is 6.08 Å². The Morgan fingerprint density at radius 1 is 0.962 bits per heavy atom. The summed E-state index contributed by atoms with van der Waals surface area (Å²) in [5, 5.41) is 2.63. The van der Waals surface area contributed by atoms with Crippen LogP contribution in [0.15, 0.2) is 42.5 Å². The van der Waals surface area contributed by atoms with E-state index in [1.165, 1.54) is 26.4 Å². The predicted molar refractivity (Wildman–Crippen MR) is 98.7 cm³/mol. The molecular formula is C19H20N2O5. The summed E-state index contributed by atoms with van der Waals surface area (Å²) in [6, 6.07) is 9.92. The Morgan fingerprint density at radius 2 is 1.69 bits per heavy atom. The number of nitrogens with one attached hydrogen (secondary N) is 1. The first-order chi connectivity index (χ1) is 12.5. The third kappa shape index (κ3) is 4.54. The Hall–Kier alpha value is -3.48. The van der Waals surface area contributed by atoms with Crippen LogP contribution in [0.2, 0.25) is 0 Å². The van der Waals surface area contributed by atoms with E-state index in [4.69, 9.17) is 19.9 Å². The summed E-state index contributed by atoms with van der Waals surface area (Å²) in [6.45, 7) is 0. The standard InChI is InChI=1S/C19H20N2O5/c1-24-13-6-7-15(14(11-13)19(20)23)21-18(22)9-5-12-4-8-16(25-2)17(10-12)26-3/h4-11H,1-3H3,(H2,20,23)(H,21,22)/b9-5+. The second-order valence-corrected chi connectivity index (χ2v) is 5.21. The molecule has 0 fully saturated rings. The van der Waals surface area contributed by atoms with E-state index in [0.717, 1.165) is 5.56 Å². The average molecular weight is 356 g/mol. The molecule has 26 heavy (non-hydrogen) atoms. The summed E-state index contributed by atoms with van der Waals surface area (Å²) < 4.78 is 15.4. The lowest BCUT2D eigenvalue weighted by Crippen LogP contribution is -2.17. The van der Waals surface area contributed by atoms with Crippen molar-refractivity contribution in [1.82, 2.24) is 0 Å². The summed E-state index contributed by atoms with van der Waals surface area (Å²) in [6.07, 6.45) is 2.96. The van der Waals surface area contributed by atoms with Gasteiger partial charge in [-0.2, -0.15) is 0 Å². The number of rotatable bonds is 7. The molecule has 7 heteroatoms. The number of amides is 2. The molecule has 136 valence electrons. The average Bonchev–Trinajstić information content (AvgIpc) is 2.66. The van der Waals surface area contributed by atoms with Crippen LogP contribution >= 0.6 is 0 Å². The number of methoxy groups -OCH3 is 3. The van der Waals surface area contributed by atoms with Gasteiger partial charge in [0.05, 0.1) is 32.6 Å². The topological polar surface area (TPSA) is 99.9 Å². The fourth-order valence-electron chi connectivity index (χ4n) is 2.27. The van der Waals surface area contributed by atoms with Gasteiger partial charge >= 0.3 is 0 Å². The highest BCUT2D eigenvalue weighted by atomic mass is 16.5. The summed E-state index contributed by atoms with van der Waals surface area (Å²) in [7, 11) is 4.56. The molecule has 0 aliphatic carbocycles. The molecule has 3 N–H and O–H groups in total. The van der Waals surface area contributed by atoms with E-state index in [1.54, 1.807) is 43.5 Å². The van der Waals surface area contributed by atoms with Crippen molar-refractivity contribution in [2.45, 2.75) is 0 Å². The molecule has 7 nitrogen and oxygen atoms in total. The van der Waals surface area contributed by atoms with E-state index >= 15 is 0 Å². The van der Waals surface area contributed by atoms with Gasteiger partial charge in [0.1, 0.15) is 5.75 Å². The van der Waals surface area contributed by atoms with Crippen molar-refractivity contribution in [2.24, 2.45) is 5.73 Å². The molecule has 0 saturated heterocycles. The van der Waals surface area contributed by atoms with E-state index < -0.39 is 11.8 Å². The van der Waals surface area contributed by atoms with Crippen molar-refractivity contribution >= 4 is 23.6 Å². The van der Waals surface area contributed by atoms with Crippen LogP contribution in [0.25, 0.3) is 6.08 Å². The number of hydrogen-bond donors (Lipinski definition) is 2. The minimum atomic E-state index is -0.664. The van der Waals surface area contributed by atoms with Crippen molar-refractivity contribution in [2.75, 3.05) is 26.6 Å². The maximum absolute atomic E-state index is 12.2. The van der Waals surface area contributed by atoms with Crippen molar-refractivity contribution in [3.63, 3.8) is 0 Å². The molecule has 0 atom stereocenters. The van der Waals surface area contributed by atoms with Gasteiger partial charge in [-0.05, 0) is 42.0 Å². The maximum Gasteiger partial charge on any atom is 0.250 e. The number of carbonyl (C=O) groups excluding carboxylic acids is 2. The number of carbonyl (C=O) groups is 2. The highest BCUT2D eigenvalue weighted by Crippen LogP contribution is 2.28. The smallest absolute Gasteiger partial charge is 0.250 e. The zero-order valence-corrected chi connectivity index (χ0v) is 14.7. The molecule has 0 aliphatic rings. The molecule has 0 radical (unpaired) electrons. The number of ether oxygens (including phenoxy) is 3. The molecule has 0 bridgehead atoms. The Balaban J connectivity index is 2.16. The third-order valence-corrected chi connectivity index (χ3v) is 3.58. The molecule has 0 aliphatic heterocycles. The minimum Gasteiger partial charge on any atom is -0.497 e. The summed E-state index contributed by atoms with van der Waals surface area (Å²) >= 11 is 0. The van der Waals surface area contributed by atoms with Crippen molar-refractivity contribution in [3.8, 4) is 17.2 Å². The molecule has 0 aromatic heterocycles. The zero-order chi connectivity index (χ0) is 19.1. The van der Waals surface area contributed by atoms with Gasteiger partial charge < -0.3 is 25.3 Å². The van der Waals surface area contributed by atoms with E-state index in [-0.39, 0.29) is 5.56 Å². The van der Waals surface area contributed by atoms with Crippen LogP contribution in [0.1, 0.15) is 15.9 Å². The summed E-state index contributed by atoms with van der Waals surface area (Å²) in [5.74, 6) is 0.549. The predicted octanol–water partition coefficient (Wildman–Crippen LogP) is 2.46. The first-order valence-corrected chi connectivity index (χ1v) is 7.67. The Bertz CT molecular complexity index is 846. The lowest BCUT2D eigenvalue weighted by Gasteiger charge is -2.09. The van der Waals surface area contributed by atoms with Crippen LogP contribution in [0, 0.1) is 0 Å². The first kappa shape index (κ1) is 18.9. The molecule has 2 rings (SSSR count). The molecule has 0 spiro atoms. The lowest BCUT2D eigenvalue weighted by molar-refractivity contribution is -0.111. The second kappa shape index (κ2) is 8.57. The Labute approximate surface area is 151 Å². The van der Waals surface area contributed by atoms with Gasteiger partial charge in [-0.25, -0.2) is 0 Å². The van der Waals surface area contributed by atoms with Gasteiger partial charge in [0.15, 0.2) is 11.5 Å². The van der Waals surface area contributed by atoms with Crippen molar-refractivity contribution in [1.29, 1.82) is 0 Å². The Kier molecular flexibility index (Phi) is 6.21. The molecule has 0 saturated carbocycles. The second-order valence-electron chi connectivity index (χ2n) is 5.21. The first-order valence-electron chi connectivity index (χ1n) is 7.67. The van der Waals surface area contributed by atoms with Gasteiger partial charge in [-0.15, -0.1) is 0 Å². The highest BCUT2D eigenvalue weighted by Gasteiger charge is 2.11. The quantitative estimate of drug-likeness (QED) is 0.742. The van der Waals surface area contributed by atoms with E-state index in [2.05, 4.69) is 5.32 Å².